The van der Waals surface area contributed by atoms with Crippen LogP contribution in [0.4, 0.5) is 5.69 Å². The Morgan fingerprint density at radius 2 is 1.58 bits per heavy atom. The van der Waals surface area contributed by atoms with Gasteiger partial charge < -0.3 is 0 Å². The lowest BCUT2D eigenvalue weighted by Gasteiger charge is -2.19. The molecule has 0 spiro atoms. The smallest absolute Gasteiger partial charge is 0.267 e. The van der Waals surface area contributed by atoms with Gasteiger partial charge in [0.25, 0.3) is 15.9 Å². The van der Waals surface area contributed by atoms with E-state index in [9.17, 15) is 13.2 Å². The first kappa shape index (κ1) is 23.8. The Hall–Kier alpha value is -3.97. The largest absolute Gasteiger partial charge is 0.271 e. The zero-order valence-electron chi connectivity index (χ0n) is 20.4. The van der Waals surface area contributed by atoms with Crippen LogP contribution in [0.15, 0.2) is 94.9 Å². The number of hydrogen-bond acceptors (Lipinski definition) is 4. The van der Waals surface area contributed by atoms with Crippen molar-refractivity contribution in [3.05, 3.63) is 107 Å². The summed E-state index contributed by atoms with van der Waals surface area (Å²) in [4.78, 5) is 12.9. The average Bonchev–Trinajstić information content (AvgIpc) is 3.07. The van der Waals surface area contributed by atoms with Gasteiger partial charge >= 0.3 is 0 Å². The molecule has 4 aromatic carbocycles. The molecule has 182 valence electrons. The van der Waals surface area contributed by atoms with E-state index in [0.29, 0.717) is 16.1 Å². The van der Waals surface area contributed by atoms with Gasteiger partial charge in [-0.15, -0.1) is 0 Å². The van der Waals surface area contributed by atoms with Crippen LogP contribution in [-0.4, -0.2) is 20.5 Å². The summed E-state index contributed by atoms with van der Waals surface area (Å²) in [5.41, 5.74) is 6.64. The first-order valence-electron chi connectivity index (χ1n) is 11.7. The van der Waals surface area contributed by atoms with Gasteiger partial charge in [0.1, 0.15) is 0 Å². The molecule has 36 heavy (non-hydrogen) atoms. The summed E-state index contributed by atoms with van der Waals surface area (Å²) in [7, 11) is -3.64. The van der Waals surface area contributed by atoms with Crippen molar-refractivity contribution >= 4 is 38.6 Å². The third-order valence-corrected chi connectivity index (χ3v) is 8.18. The normalized spacial score (nSPS) is 14.5. The van der Waals surface area contributed by atoms with Crippen molar-refractivity contribution in [1.29, 1.82) is 0 Å². The van der Waals surface area contributed by atoms with Crippen LogP contribution in [0.2, 0.25) is 0 Å². The van der Waals surface area contributed by atoms with Crippen LogP contribution >= 0.6 is 0 Å². The Bertz CT molecular complexity index is 1580. The van der Waals surface area contributed by atoms with Crippen molar-refractivity contribution in [1.82, 2.24) is 5.43 Å². The van der Waals surface area contributed by atoms with Crippen molar-refractivity contribution in [3.63, 3.8) is 0 Å². The highest BCUT2D eigenvalue weighted by atomic mass is 32.2. The Morgan fingerprint density at radius 1 is 0.917 bits per heavy atom. The summed E-state index contributed by atoms with van der Waals surface area (Å²) < 4.78 is 27.8. The number of anilines is 1. The van der Waals surface area contributed by atoms with Gasteiger partial charge in [-0.1, -0.05) is 81.4 Å². The van der Waals surface area contributed by atoms with Crippen LogP contribution in [0.1, 0.15) is 47.8 Å². The van der Waals surface area contributed by atoms with Crippen LogP contribution in [0.25, 0.3) is 10.8 Å². The van der Waals surface area contributed by atoms with Gasteiger partial charge in [0.05, 0.1) is 23.3 Å². The summed E-state index contributed by atoms with van der Waals surface area (Å²) in [6, 6.07) is 25.9. The maximum Gasteiger partial charge on any atom is 0.271 e. The Balaban J connectivity index is 1.26. The number of carbonyl (C=O) groups excluding carboxylic acids is 1. The van der Waals surface area contributed by atoms with E-state index >= 15 is 0 Å². The Kier molecular flexibility index (Phi) is 5.88. The standard InChI is InChI=1S/C29H27N3O3S/c1-29(2,3)24-16-12-20(13-17-24)18-30-31-28(33)23-14-10-21(11-15-23)19-32-25-8-4-6-22-7-5-9-26(27(22)25)36(32,34)35/h4-18H,19H2,1-3H3,(H,31,33). The minimum atomic E-state index is -3.64. The number of amides is 1. The third-order valence-electron chi connectivity index (χ3n) is 6.38. The second-order valence-electron chi connectivity index (χ2n) is 9.91. The van der Waals surface area contributed by atoms with E-state index in [1.54, 1.807) is 42.6 Å². The highest BCUT2D eigenvalue weighted by Crippen LogP contribution is 2.42. The Labute approximate surface area is 211 Å². The SMILES string of the molecule is CC(C)(C)c1ccc(C=NNC(=O)c2ccc(CN3c4cccc5cccc(c45)S3(=O)=O)cc2)cc1. The highest BCUT2D eigenvalue weighted by molar-refractivity contribution is 7.93. The molecule has 0 aromatic heterocycles. The van der Waals surface area contributed by atoms with E-state index in [-0.39, 0.29) is 17.9 Å². The second-order valence-corrected chi connectivity index (χ2v) is 11.7. The van der Waals surface area contributed by atoms with Crippen molar-refractivity contribution in [2.24, 2.45) is 5.10 Å². The molecule has 0 bridgehead atoms. The molecule has 0 atom stereocenters. The number of hydrazone groups is 1. The fourth-order valence-corrected chi connectivity index (χ4v) is 6.05. The minimum Gasteiger partial charge on any atom is -0.267 e. The van der Waals surface area contributed by atoms with Gasteiger partial charge in [0, 0.05) is 10.9 Å². The molecule has 0 fully saturated rings. The molecule has 0 unspecified atom stereocenters. The van der Waals surface area contributed by atoms with Crippen LogP contribution in [0.5, 0.6) is 0 Å². The summed E-state index contributed by atoms with van der Waals surface area (Å²) in [6.07, 6.45) is 1.61. The van der Waals surface area contributed by atoms with Crippen LogP contribution < -0.4 is 9.73 Å². The molecular formula is C29H27N3O3S. The maximum absolute atomic E-state index is 13.2. The van der Waals surface area contributed by atoms with Gasteiger partial charge in [0.2, 0.25) is 0 Å². The number of carbonyl (C=O) groups is 1. The molecule has 0 saturated heterocycles. The number of nitrogens with one attached hydrogen (secondary N) is 1. The molecule has 6 nitrogen and oxygen atoms in total. The average molecular weight is 498 g/mol. The van der Waals surface area contributed by atoms with Crippen LogP contribution in [-0.2, 0) is 22.0 Å². The molecule has 1 amide bonds. The fraction of sp³-hybridized carbons (Fsp3) is 0.172. The number of sulfonamides is 1. The van der Waals surface area contributed by atoms with Crippen molar-refractivity contribution in [2.75, 3.05) is 4.31 Å². The number of rotatable bonds is 5. The third kappa shape index (κ3) is 4.38. The zero-order valence-corrected chi connectivity index (χ0v) is 21.2. The van der Waals surface area contributed by atoms with E-state index in [1.807, 2.05) is 36.4 Å². The molecule has 1 N–H and O–H groups in total. The topological polar surface area (TPSA) is 78.8 Å². The molecule has 5 rings (SSSR count). The molecule has 0 saturated carbocycles. The van der Waals surface area contributed by atoms with E-state index in [2.05, 4.69) is 43.4 Å². The first-order chi connectivity index (χ1) is 17.1. The zero-order chi connectivity index (χ0) is 25.5. The summed E-state index contributed by atoms with van der Waals surface area (Å²) in [5, 5.41) is 5.72. The molecule has 7 heteroatoms. The lowest BCUT2D eigenvalue weighted by Crippen LogP contribution is -2.26. The Morgan fingerprint density at radius 3 is 2.25 bits per heavy atom. The molecule has 0 radical (unpaired) electrons. The quantitative estimate of drug-likeness (QED) is 0.288. The van der Waals surface area contributed by atoms with Crippen LogP contribution in [0, 0.1) is 0 Å². The lowest BCUT2D eigenvalue weighted by atomic mass is 9.87. The first-order valence-corrected chi connectivity index (χ1v) is 13.2. The lowest BCUT2D eigenvalue weighted by molar-refractivity contribution is 0.0955. The van der Waals surface area contributed by atoms with E-state index in [4.69, 9.17) is 0 Å². The molecular weight excluding hydrogens is 470 g/mol. The molecule has 1 aliphatic heterocycles. The summed E-state index contributed by atoms with van der Waals surface area (Å²) >= 11 is 0. The summed E-state index contributed by atoms with van der Waals surface area (Å²) in [6.45, 7) is 6.65. The van der Waals surface area contributed by atoms with Crippen molar-refractivity contribution in [2.45, 2.75) is 37.6 Å². The van der Waals surface area contributed by atoms with Crippen molar-refractivity contribution in [3.8, 4) is 0 Å². The fourth-order valence-electron chi connectivity index (χ4n) is 4.36. The predicted molar refractivity (Wildman–Crippen MR) is 144 cm³/mol. The van der Waals surface area contributed by atoms with Crippen LogP contribution in [0.3, 0.4) is 0 Å². The molecule has 1 aliphatic rings. The summed E-state index contributed by atoms with van der Waals surface area (Å²) in [5.74, 6) is -0.338. The minimum absolute atomic E-state index is 0.0757. The number of benzene rings is 4. The van der Waals surface area contributed by atoms with Gasteiger partial charge in [-0.25, -0.2) is 13.8 Å². The molecule has 4 aromatic rings. The number of nitrogens with zero attached hydrogens (tertiary/aromatic N) is 2. The predicted octanol–water partition coefficient (Wildman–Crippen LogP) is 5.61. The molecule has 0 aliphatic carbocycles. The number of hydrogen-bond donors (Lipinski definition) is 1. The van der Waals surface area contributed by atoms with Gasteiger partial charge in [-0.2, -0.15) is 5.10 Å². The highest BCUT2D eigenvalue weighted by Gasteiger charge is 2.35. The van der Waals surface area contributed by atoms with Gasteiger partial charge in [-0.05, 0) is 51.8 Å². The van der Waals surface area contributed by atoms with E-state index in [0.717, 1.165) is 21.9 Å². The second kappa shape index (κ2) is 8.91. The maximum atomic E-state index is 13.2. The van der Waals surface area contributed by atoms with Gasteiger partial charge in [0.15, 0.2) is 0 Å². The van der Waals surface area contributed by atoms with Gasteiger partial charge in [-0.3, -0.25) is 9.10 Å². The van der Waals surface area contributed by atoms with E-state index < -0.39 is 10.0 Å². The van der Waals surface area contributed by atoms with E-state index in [1.165, 1.54) is 9.87 Å². The monoisotopic (exact) mass is 497 g/mol. The van der Waals surface area contributed by atoms with Crippen molar-refractivity contribution < 1.29 is 13.2 Å². The molecule has 1 heterocycles.